The number of hydrogen-bond donors (Lipinski definition) is 2. The van der Waals surface area contributed by atoms with Crippen LogP contribution < -0.4 is 15.2 Å². The van der Waals surface area contributed by atoms with Crippen LogP contribution in [0.2, 0.25) is 0 Å². The Morgan fingerprint density at radius 2 is 1.85 bits per heavy atom. The van der Waals surface area contributed by atoms with E-state index < -0.39 is 11.6 Å². The van der Waals surface area contributed by atoms with E-state index in [1.165, 1.54) is 19.2 Å². The summed E-state index contributed by atoms with van der Waals surface area (Å²) in [6, 6.07) is 7.55. The zero-order valence-corrected chi connectivity index (χ0v) is 10.6. The lowest BCUT2D eigenvalue weighted by Crippen LogP contribution is -2.12. The average molecular weight is 278 g/mol. The third-order valence-corrected chi connectivity index (χ3v) is 2.59. The Labute approximate surface area is 114 Å². The van der Waals surface area contributed by atoms with Gasteiger partial charge in [0, 0.05) is 12.1 Å². The largest absolute Gasteiger partial charge is 0.497 e. The number of halogens is 2. The van der Waals surface area contributed by atoms with Crippen molar-refractivity contribution in [1.82, 2.24) is 0 Å². The molecule has 0 fully saturated rings. The van der Waals surface area contributed by atoms with E-state index in [1.54, 1.807) is 6.07 Å². The minimum atomic E-state index is -0.845. The molecular formula is C14H12F2N2O2. The summed E-state index contributed by atoms with van der Waals surface area (Å²) >= 11 is 0. The highest BCUT2D eigenvalue weighted by Gasteiger charge is 2.12. The summed E-state index contributed by atoms with van der Waals surface area (Å²) in [7, 11) is 1.46. The maximum Gasteiger partial charge on any atom is 0.168 e. The Morgan fingerprint density at radius 3 is 2.45 bits per heavy atom. The molecule has 3 N–H and O–H groups in total. The maximum atomic E-state index is 13.6. The van der Waals surface area contributed by atoms with Crippen LogP contribution in [0, 0.1) is 17.0 Å². The fourth-order valence-electron chi connectivity index (χ4n) is 1.61. The van der Waals surface area contributed by atoms with Crippen LogP contribution in [0.25, 0.3) is 0 Å². The maximum absolute atomic E-state index is 13.6. The third kappa shape index (κ3) is 2.85. The van der Waals surface area contributed by atoms with Gasteiger partial charge < -0.3 is 15.2 Å². The zero-order valence-electron chi connectivity index (χ0n) is 10.6. The van der Waals surface area contributed by atoms with E-state index in [1.807, 2.05) is 0 Å². The smallest absolute Gasteiger partial charge is 0.168 e. The molecule has 0 spiro atoms. The molecule has 104 valence electrons. The molecule has 0 aliphatic heterocycles. The first-order valence-electron chi connectivity index (χ1n) is 5.66. The molecule has 0 aliphatic rings. The highest BCUT2D eigenvalue weighted by Crippen LogP contribution is 2.30. The van der Waals surface area contributed by atoms with Gasteiger partial charge in [0.25, 0.3) is 0 Å². The lowest BCUT2D eigenvalue weighted by Gasteiger charge is -2.12. The third-order valence-electron chi connectivity index (χ3n) is 2.59. The van der Waals surface area contributed by atoms with E-state index >= 15 is 0 Å². The van der Waals surface area contributed by atoms with Crippen molar-refractivity contribution < 1.29 is 18.3 Å². The molecule has 0 amide bonds. The van der Waals surface area contributed by atoms with Gasteiger partial charge in [0.2, 0.25) is 0 Å². The van der Waals surface area contributed by atoms with Crippen molar-refractivity contribution in [2.45, 2.75) is 0 Å². The molecular weight excluding hydrogens is 266 g/mol. The number of hydrogen-bond acceptors (Lipinski definition) is 3. The van der Waals surface area contributed by atoms with Gasteiger partial charge in [-0.05, 0) is 24.3 Å². The topological polar surface area (TPSA) is 68.3 Å². The Balaban J connectivity index is 2.43. The number of methoxy groups -OCH3 is 1. The van der Waals surface area contributed by atoms with Gasteiger partial charge in [0.1, 0.15) is 23.2 Å². The Hall–Kier alpha value is -2.63. The van der Waals surface area contributed by atoms with Crippen LogP contribution in [0.5, 0.6) is 17.2 Å². The van der Waals surface area contributed by atoms with Crippen molar-refractivity contribution in [2.24, 2.45) is 5.73 Å². The number of amidine groups is 1. The van der Waals surface area contributed by atoms with Crippen molar-refractivity contribution in [2.75, 3.05) is 7.11 Å². The summed E-state index contributed by atoms with van der Waals surface area (Å²) in [6.45, 7) is 0. The zero-order chi connectivity index (χ0) is 14.7. The minimum absolute atomic E-state index is 0.155. The quantitative estimate of drug-likeness (QED) is 0.667. The molecule has 20 heavy (non-hydrogen) atoms. The van der Waals surface area contributed by atoms with Gasteiger partial charge in [-0.3, -0.25) is 5.41 Å². The number of nitrogens with two attached hydrogens (primary N) is 1. The highest BCUT2D eigenvalue weighted by molar-refractivity contribution is 5.97. The molecule has 0 atom stereocenters. The first kappa shape index (κ1) is 13.8. The van der Waals surface area contributed by atoms with Gasteiger partial charge in [0.05, 0.1) is 12.7 Å². The van der Waals surface area contributed by atoms with E-state index in [4.69, 9.17) is 20.6 Å². The second kappa shape index (κ2) is 5.56. The molecule has 4 nitrogen and oxygen atoms in total. The number of rotatable bonds is 4. The van der Waals surface area contributed by atoms with E-state index in [9.17, 15) is 8.78 Å². The van der Waals surface area contributed by atoms with E-state index in [0.29, 0.717) is 11.8 Å². The predicted octanol–water partition coefficient (Wildman–Crippen LogP) is 3.05. The molecule has 0 saturated heterocycles. The molecule has 0 bridgehead atoms. The summed E-state index contributed by atoms with van der Waals surface area (Å²) in [5, 5.41) is 7.46. The van der Waals surface area contributed by atoms with Gasteiger partial charge in [-0.1, -0.05) is 0 Å². The lowest BCUT2D eigenvalue weighted by atomic mass is 10.1. The summed E-state index contributed by atoms with van der Waals surface area (Å²) < 4.78 is 36.8. The van der Waals surface area contributed by atoms with Crippen LogP contribution in [0.1, 0.15) is 5.56 Å². The van der Waals surface area contributed by atoms with Crippen LogP contribution >= 0.6 is 0 Å². The van der Waals surface area contributed by atoms with Crippen molar-refractivity contribution in [3.8, 4) is 17.2 Å². The number of ether oxygens (including phenoxy) is 2. The average Bonchev–Trinajstić information content (AvgIpc) is 2.41. The van der Waals surface area contributed by atoms with E-state index in [2.05, 4.69) is 0 Å². The van der Waals surface area contributed by atoms with Gasteiger partial charge >= 0.3 is 0 Å². The van der Waals surface area contributed by atoms with Gasteiger partial charge in [-0.15, -0.1) is 0 Å². The normalized spacial score (nSPS) is 10.2. The summed E-state index contributed by atoms with van der Waals surface area (Å²) in [4.78, 5) is 0. The van der Waals surface area contributed by atoms with Crippen molar-refractivity contribution in [3.63, 3.8) is 0 Å². The Morgan fingerprint density at radius 1 is 1.10 bits per heavy atom. The van der Waals surface area contributed by atoms with Crippen LogP contribution in [-0.2, 0) is 0 Å². The first-order valence-corrected chi connectivity index (χ1v) is 5.66. The molecule has 0 aromatic heterocycles. The lowest BCUT2D eigenvalue weighted by molar-refractivity contribution is 0.404. The van der Waals surface area contributed by atoms with Crippen LogP contribution in [0.3, 0.4) is 0 Å². The SMILES string of the molecule is COc1ccc(C(=N)N)c(Oc2ccc(F)cc2F)c1. The molecule has 6 heteroatoms. The summed E-state index contributed by atoms with van der Waals surface area (Å²) in [5.41, 5.74) is 5.72. The second-order valence-corrected chi connectivity index (χ2v) is 3.95. The monoisotopic (exact) mass is 278 g/mol. The molecule has 0 saturated carbocycles. The minimum Gasteiger partial charge on any atom is -0.497 e. The molecule has 2 aromatic carbocycles. The fraction of sp³-hybridized carbons (Fsp3) is 0.0714. The molecule has 0 radical (unpaired) electrons. The number of nitrogen functional groups attached to an aromatic ring is 1. The predicted molar refractivity (Wildman–Crippen MR) is 70.4 cm³/mol. The first-order chi connectivity index (χ1) is 9.51. The van der Waals surface area contributed by atoms with E-state index in [-0.39, 0.29) is 22.9 Å². The number of benzene rings is 2. The van der Waals surface area contributed by atoms with Crippen LogP contribution in [0.4, 0.5) is 8.78 Å². The Kier molecular flexibility index (Phi) is 3.84. The standard InChI is InChI=1S/C14H12F2N2O2/c1-19-9-3-4-10(14(17)18)13(7-9)20-12-5-2-8(15)6-11(12)16/h2-7H,1H3,(H3,17,18). The highest BCUT2D eigenvalue weighted by atomic mass is 19.1. The van der Waals surface area contributed by atoms with Crippen molar-refractivity contribution in [3.05, 3.63) is 53.6 Å². The summed E-state index contributed by atoms with van der Waals surface area (Å²) in [6.07, 6.45) is 0. The van der Waals surface area contributed by atoms with Crippen molar-refractivity contribution >= 4 is 5.84 Å². The molecule has 2 aromatic rings. The molecule has 2 rings (SSSR count). The van der Waals surface area contributed by atoms with Gasteiger partial charge in [-0.2, -0.15) is 0 Å². The van der Waals surface area contributed by atoms with Gasteiger partial charge in [0.15, 0.2) is 11.6 Å². The van der Waals surface area contributed by atoms with Crippen molar-refractivity contribution in [1.29, 1.82) is 5.41 Å². The molecule has 0 heterocycles. The molecule has 0 aliphatic carbocycles. The van der Waals surface area contributed by atoms with Gasteiger partial charge in [-0.25, -0.2) is 8.78 Å². The summed E-state index contributed by atoms with van der Waals surface area (Å²) in [5.74, 6) is -1.32. The second-order valence-electron chi connectivity index (χ2n) is 3.95. The molecule has 0 unspecified atom stereocenters. The number of nitrogens with one attached hydrogen (secondary N) is 1. The van der Waals surface area contributed by atoms with Crippen LogP contribution in [-0.4, -0.2) is 12.9 Å². The fourth-order valence-corrected chi connectivity index (χ4v) is 1.61. The van der Waals surface area contributed by atoms with E-state index in [0.717, 1.165) is 12.1 Å². The Bertz CT molecular complexity index is 660. The van der Waals surface area contributed by atoms with Crippen LogP contribution in [0.15, 0.2) is 36.4 Å².